The summed E-state index contributed by atoms with van der Waals surface area (Å²) in [6.45, 7) is 5.56. The van der Waals surface area contributed by atoms with E-state index >= 15 is 0 Å². The SMILES string of the molecule is NCCCN1CCCN(c2ncc[nH]c2=O)CC1. The van der Waals surface area contributed by atoms with Crippen molar-refractivity contribution in [3.63, 3.8) is 0 Å². The third-order valence-electron chi connectivity index (χ3n) is 3.26. The summed E-state index contributed by atoms with van der Waals surface area (Å²) in [5.41, 5.74) is 5.43. The zero-order valence-electron chi connectivity index (χ0n) is 10.6. The van der Waals surface area contributed by atoms with E-state index in [0.29, 0.717) is 5.82 Å². The van der Waals surface area contributed by atoms with Crippen molar-refractivity contribution >= 4 is 5.82 Å². The maximum atomic E-state index is 11.7. The fraction of sp³-hybridized carbons (Fsp3) is 0.667. The molecule has 0 bridgehead atoms. The highest BCUT2D eigenvalue weighted by Crippen LogP contribution is 2.08. The minimum Gasteiger partial charge on any atom is -0.351 e. The van der Waals surface area contributed by atoms with Gasteiger partial charge in [-0.05, 0) is 32.5 Å². The van der Waals surface area contributed by atoms with Crippen molar-refractivity contribution in [2.75, 3.05) is 44.2 Å². The fourth-order valence-electron chi connectivity index (χ4n) is 2.29. The first-order chi connectivity index (χ1) is 8.81. The summed E-state index contributed by atoms with van der Waals surface area (Å²) in [6.07, 6.45) is 5.29. The second-order valence-electron chi connectivity index (χ2n) is 4.57. The maximum absolute atomic E-state index is 11.7. The minimum absolute atomic E-state index is 0.104. The van der Waals surface area contributed by atoms with Crippen molar-refractivity contribution in [2.45, 2.75) is 12.8 Å². The van der Waals surface area contributed by atoms with E-state index in [-0.39, 0.29) is 5.56 Å². The van der Waals surface area contributed by atoms with Gasteiger partial charge >= 0.3 is 0 Å². The summed E-state index contributed by atoms with van der Waals surface area (Å²) in [6, 6.07) is 0. The molecule has 2 heterocycles. The standard InChI is InChI=1S/C12H21N5O/c13-3-1-6-16-7-2-8-17(10-9-16)11-12(18)15-5-4-14-11/h4-5H,1-3,6-10,13H2,(H,15,18). The predicted octanol–water partition coefficient (Wildman–Crippen LogP) is -0.369. The number of aromatic nitrogens is 2. The van der Waals surface area contributed by atoms with Gasteiger partial charge in [-0.3, -0.25) is 4.79 Å². The van der Waals surface area contributed by atoms with Crippen LogP contribution in [0.2, 0.25) is 0 Å². The topological polar surface area (TPSA) is 78.2 Å². The van der Waals surface area contributed by atoms with Gasteiger partial charge in [-0.2, -0.15) is 0 Å². The van der Waals surface area contributed by atoms with Gasteiger partial charge in [0.1, 0.15) is 0 Å². The van der Waals surface area contributed by atoms with Gasteiger partial charge in [0.05, 0.1) is 0 Å². The summed E-state index contributed by atoms with van der Waals surface area (Å²) >= 11 is 0. The number of hydrogen-bond acceptors (Lipinski definition) is 5. The van der Waals surface area contributed by atoms with Gasteiger partial charge in [0.2, 0.25) is 0 Å². The summed E-state index contributed by atoms with van der Waals surface area (Å²) < 4.78 is 0. The van der Waals surface area contributed by atoms with E-state index in [0.717, 1.165) is 52.1 Å². The molecule has 6 heteroatoms. The van der Waals surface area contributed by atoms with Gasteiger partial charge < -0.3 is 20.5 Å². The number of anilines is 1. The van der Waals surface area contributed by atoms with Crippen LogP contribution in [-0.2, 0) is 0 Å². The summed E-state index contributed by atoms with van der Waals surface area (Å²) in [5.74, 6) is 0.540. The van der Waals surface area contributed by atoms with Gasteiger partial charge in [0.15, 0.2) is 5.82 Å². The number of aromatic amines is 1. The third kappa shape index (κ3) is 3.30. The molecule has 0 spiro atoms. The molecule has 3 N–H and O–H groups in total. The molecule has 100 valence electrons. The Hall–Kier alpha value is -1.40. The average molecular weight is 251 g/mol. The van der Waals surface area contributed by atoms with Crippen LogP contribution in [0.3, 0.4) is 0 Å². The molecule has 0 aromatic carbocycles. The molecule has 1 aromatic rings. The number of rotatable bonds is 4. The molecule has 0 saturated carbocycles. The number of hydrogen-bond donors (Lipinski definition) is 2. The highest BCUT2D eigenvalue weighted by atomic mass is 16.1. The van der Waals surface area contributed by atoms with Crippen LogP contribution in [0.1, 0.15) is 12.8 Å². The zero-order chi connectivity index (χ0) is 12.8. The lowest BCUT2D eigenvalue weighted by molar-refractivity contribution is 0.291. The molecule has 0 radical (unpaired) electrons. The molecule has 1 fully saturated rings. The molecule has 0 atom stereocenters. The van der Waals surface area contributed by atoms with Gasteiger partial charge in [-0.25, -0.2) is 4.98 Å². The van der Waals surface area contributed by atoms with Crippen LogP contribution in [0.15, 0.2) is 17.2 Å². The highest BCUT2D eigenvalue weighted by molar-refractivity contribution is 5.35. The lowest BCUT2D eigenvalue weighted by atomic mass is 10.3. The van der Waals surface area contributed by atoms with Crippen molar-refractivity contribution in [3.05, 3.63) is 22.7 Å². The molecule has 1 saturated heterocycles. The zero-order valence-corrected chi connectivity index (χ0v) is 10.6. The second kappa shape index (κ2) is 6.51. The van der Waals surface area contributed by atoms with E-state index in [4.69, 9.17) is 5.73 Å². The fourth-order valence-corrected chi connectivity index (χ4v) is 2.29. The molecule has 0 aliphatic carbocycles. The summed E-state index contributed by atoms with van der Waals surface area (Å²) in [4.78, 5) is 23.0. The molecule has 0 amide bonds. The van der Waals surface area contributed by atoms with Crippen molar-refractivity contribution in [2.24, 2.45) is 5.73 Å². The van der Waals surface area contributed by atoms with Crippen LogP contribution in [0.4, 0.5) is 5.82 Å². The first-order valence-electron chi connectivity index (χ1n) is 6.52. The molecular formula is C12H21N5O. The van der Waals surface area contributed by atoms with Crippen LogP contribution in [0, 0.1) is 0 Å². The monoisotopic (exact) mass is 251 g/mol. The van der Waals surface area contributed by atoms with E-state index in [1.165, 1.54) is 0 Å². The largest absolute Gasteiger partial charge is 0.351 e. The molecule has 1 aromatic heterocycles. The lowest BCUT2D eigenvalue weighted by Gasteiger charge is -2.21. The Morgan fingerprint density at radius 1 is 1.33 bits per heavy atom. The van der Waals surface area contributed by atoms with Crippen LogP contribution in [-0.4, -0.2) is 54.1 Å². The molecule has 1 aliphatic heterocycles. The first-order valence-corrected chi connectivity index (χ1v) is 6.52. The number of H-pyrrole nitrogens is 1. The Labute approximate surface area is 107 Å². The van der Waals surface area contributed by atoms with Crippen LogP contribution in [0.25, 0.3) is 0 Å². The molecule has 6 nitrogen and oxygen atoms in total. The van der Waals surface area contributed by atoms with Crippen LogP contribution >= 0.6 is 0 Å². The maximum Gasteiger partial charge on any atom is 0.290 e. The Bertz CT molecular complexity index is 419. The minimum atomic E-state index is -0.104. The molecule has 1 aliphatic rings. The van der Waals surface area contributed by atoms with E-state index in [1.807, 2.05) is 0 Å². The van der Waals surface area contributed by atoms with Gasteiger partial charge in [-0.15, -0.1) is 0 Å². The first kappa shape index (κ1) is 13.0. The van der Waals surface area contributed by atoms with Gasteiger partial charge in [0, 0.05) is 32.0 Å². The number of nitrogens with one attached hydrogen (secondary N) is 1. The molecule has 18 heavy (non-hydrogen) atoms. The Morgan fingerprint density at radius 3 is 3.00 bits per heavy atom. The van der Waals surface area contributed by atoms with Crippen LogP contribution < -0.4 is 16.2 Å². The van der Waals surface area contributed by atoms with Gasteiger partial charge in [-0.1, -0.05) is 0 Å². The van der Waals surface area contributed by atoms with E-state index < -0.39 is 0 Å². The quantitative estimate of drug-likeness (QED) is 0.763. The smallest absolute Gasteiger partial charge is 0.290 e. The van der Waals surface area contributed by atoms with E-state index in [2.05, 4.69) is 19.8 Å². The summed E-state index contributed by atoms with van der Waals surface area (Å²) in [7, 11) is 0. The lowest BCUT2D eigenvalue weighted by Crippen LogP contribution is -2.35. The van der Waals surface area contributed by atoms with Crippen molar-refractivity contribution in [1.29, 1.82) is 0 Å². The number of nitrogens with two attached hydrogens (primary N) is 1. The Morgan fingerprint density at radius 2 is 2.22 bits per heavy atom. The Kier molecular flexibility index (Phi) is 4.72. The average Bonchev–Trinajstić information content (AvgIpc) is 2.62. The molecular weight excluding hydrogens is 230 g/mol. The number of nitrogens with zero attached hydrogens (tertiary/aromatic N) is 3. The van der Waals surface area contributed by atoms with E-state index in [1.54, 1.807) is 12.4 Å². The van der Waals surface area contributed by atoms with E-state index in [9.17, 15) is 4.79 Å². The predicted molar refractivity (Wildman–Crippen MR) is 71.8 cm³/mol. The summed E-state index contributed by atoms with van der Waals surface area (Å²) in [5, 5.41) is 0. The molecule has 2 rings (SSSR count). The highest BCUT2D eigenvalue weighted by Gasteiger charge is 2.17. The third-order valence-corrected chi connectivity index (χ3v) is 3.26. The normalized spacial score (nSPS) is 17.7. The molecule has 0 unspecified atom stereocenters. The second-order valence-corrected chi connectivity index (χ2v) is 4.57. The van der Waals surface area contributed by atoms with Gasteiger partial charge in [0.25, 0.3) is 5.56 Å². The van der Waals surface area contributed by atoms with Crippen molar-refractivity contribution < 1.29 is 0 Å². The van der Waals surface area contributed by atoms with Crippen molar-refractivity contribution in [3.8, 4) is 0 Å². The van der Waals surface area contributed by atoms with Crippen molar-refractivity contribution in [1.82, 2.24) is 14.9 Å². The Balaban J connectivity index is 1.97. The van der Waals surface area contributed by atoms with Crippen LogP contribution in [0.5, 0.6) is 0 Å².